The van der Waals surface area contributed by atoms with Crippen LogP contribution in [0, 0.1) is 0 Å². The van der Waals surface area contributed by atoms with Crippen LogP contribution in [0.1, 0.15) is 57.4 Å². The lowest BCUT2D eigenvalue weighted by Gasteiger charge is -2.46. The van der Waals surface area contributed by atoms with Crippen molar-refractivity contribution in [1.29, 1.82) is 0 Å². The van der Waals surface area contributed by atoms with Gasteiger partial charge in [0.05, 0.1) is 0 Å². The van der Waals surface area contributed by atoms with Crippen LogP contribution in [0.3, 0.4) is 0 Å². The monoisotopic (exact) mass is 358 g/mol. The van der Waals surface area contributed by atoms with Gasteiger partial charge < -0.3 is 9.84 Å². The summed E-state index contributed by atoms with van der Waals surface area (Å²) in [6, 6.07) is 10.6. The first-order chi connectivity index (χ1) is 12.5. The molecule has 26 heavy (non-hydrogen) atoms. The minimum atomic E-state index is -1.22. The van der Waals surface area contributed by atoms with Gasteiger partial charge in [0.1, 0.15) is 0 Å². The third kappa shape index (κ3) is 3.01. The zero-order chi connectivity index (χ0) is 18.2. The first kappa shape index (κ1) is 17.8. The van der Waals surface area contributed by atoms with Crippen LogP contribution in [-0.2, 0) is 11.3 Å². The average molecular weight is 358 g/mol. The van der Waals surface area contributed by atoms with Gasteiger partial charge in [0.15, 0.2) is 11.3 Å². The van der Waals surface area contributed by atoms with Crippen molar-refractivity contribution in [1.82, 2.24) is 9.80 Å². The predicted molar refractivity (Wildman–Crippen MR) is 99.5 cm³/mol. The third-order valence-corrected chi connectivity index (χ3v) is 6.66. The second kappa shape index (κ2) is 6.86. The maximum absolute atomic E-state index is 12.7. The molecule has 2 saturated heterocycles. The topological polar surface area (TPSA) is 53.0 Å². The van der Waals surface area contributed by atoms with E-state index in [-0.39, 0.29) is 12.1 Å². The first-order valence-electron chi connectivity index (χ1n) is 10.0. The maximum atomic E-state index is 12.7. The molecule has 1 aromatic carbocycles. The molecule has 142 valence electrons. The van der Waals surface area contributed by atoms with Crippen molar-refractivity contribution >= 4 is 6.09 Å². The minimum absolute atomic E-state index is 0.118. The van der Waals surface area contributed by atoms with Gasteiger partial charge in [-0.25, -0.2) is 4.79 Å². The SMILES string of the molecule is CC1(O)N(C2CCCCC2)C(=O)OC12CCN(Cc1ccccc1)CC2. The van der Waals surface area contributed by atoms with Crippen molar-refractivity contribution in [2.24, 2.45) is 0 Å². The van der Waals surface area contributed by atoms with Gasteiger partial charge in [-0.05, 0) is 25.3 Å². The van der Waals surface area contributed by atoms with Crippen LogP contribution < -0.4 is 0 Å². The molecule has 0 radical (unpaired) electrons. The number of piperidine rings is 1. The molecular formula is C21H30N2O3. The summed E-state index contributed by atoms with van der Waals surface area (Å²) < 4.78 is 5.88. The van der Waals surface area contributed by atoms with E-state index in [4.69, 9.17) is 4.74 Å². The number of ether oxygens (including phenoxy) is 1. The maximum Gasteiger partial charge on any atom is 0.413 e. The average Bonchev–Trinajstić information content (AvgIpc) is 2.84. The Labute approximate surface area is 155 Å². The van der Waals surface area contributed by atoms with Crippen LogP contribution in [-0.4, -0.2) is 51.5 Å². The van der Waals surface area contributed by atoms with Gasteiger partial charge in [0.2, 0.25) is 0 Å². The summed E-state index contributed by atoms with van der Waals surface area (Å²) in [6.07, 6.45) is 6.47. The van der Waals surface area contributed by atoms with E-state index in [1.165, 1.54) is 12.0 Å². The fraction of sp³-hybridized carbons (Fsp3) is 0.667. The number of carbonyl (C=O) groups is 1. The fourth-order valence-electron chi connectivity index (χ4n) is 5.04. The van der Waals surface area contributed by atoms with Crippen molar-refractivity contribution < 1.29 is 14.6 Å². The van der Waals surface area contributed by atoms with Crippen molar-refractivity contribution in [2.75, 3.05) is 13.1 Å². The largest absolute Gasteiger partial charge is 0.437 e. The van der Waals surface area contributed by atoms with E-state index in [0.29, 0.717) is 12.8 Å². The van der Waals surface area contributed by atoms with E-state index in [1.54, 1.807) is 11.8 Å². The lowest BCUT2D eigenvalue weighted by molar-refractivity contribution is -0.174. The summed E-state index contributed by atoms with van der Waals surface area (Å²) in [4.78, 5) is 16.7. The molecule has 3 fully saturated rings. The number of hydrogen-bond donors (Lipinski definition) is 1. The summed E-state index contributed by atoms with van der Waals surface area (Å²) in [6.45, 7) is 4.35. The van der Waals surface area contributed by atoms with Crippen molar-refractivity contribution in [3.8, 4) is 0 Å². The quantitative estimate of drug-likeness (QED) is 0.898. The number of carbonyl (C=O) groups excluding carboxylic acids is 1. The lowest BCUT2D eigenvalue weighted by atomic mass is 9.80. The molecule has 1 atom stereocenters. The zero-order valence-corrected chi connectivity index (χ0v) is 15.7. The summed E-state index contributed by atoms with van der Waals surface area (Å²) in [5.41, 5.74) is -0.693. The first-order valence-corrected chi connectivity index (χ1v) is 10.0. The van der Waals surface area contributed by atoms with E-state index >= 15 is 0 Å². The second-order valence-corrected chi connectivity index (χ2v) is 8.31. The molecule has 3 aliphatic rings. The van der Waals surface area contributed by atoms with Crippen LogP contribution in [0.2, 0.25) is 0 Å². The van der Waals surface area contributed by atoms with E-state index < -0.39 is 11.3 Å². The molecule has 2 aliphatic heterocycles. The van der Waals surface area contributed by atoms with E-state index in [0.717, 1.165) is 45.3 Å². The molecule has 1 aliphatic carbocycles. The Morgan fingerprint density at radius 1 is 1.12 bits per heavy atom. The van der Waals surface area contributed by atoms with Gasteiger partial charge in [-0.3, -0.25) is 9.80 Å². The Bertz CT molecular complexity index is 632. The molecule has 1 unspecified atom stereocenters. The Hall–Kier alpha value is -1.59. The highest BCUT2D eigenvalue weighted by Gasteiger charge is 2.63. The molecule has 2 heterocycles. The number of likely N-dealkylation sites (tertiary alicyclic amines) is 1. The molecule has 0 aromatic heterocycles. The molecule has 1 N–H and O–H groups in total. The van der Waals surface area contributed by atoms with Crippen LogP contribution >= 0.6 is 0 Å². The Morgan fingerprint density at radius 3 is 2.42 bits per heavy atom. The number of aliphatic hydroxyl groups is 1. The van der Waals surface area contributed by atoms with Crippen LogP contribution in [0.25, 0.3) is 0 Å². The molecule has 5 heteroatoms. The molecule has 1 amide bonds. The van der Waals surface area contributed by atoms with E-state index in [9.17, 15) is 9.90 Å². The standard InChI is InChI=1S/C21H30N2O3/c1-20(25)21(26-19(24)23(20)18-10-6-3-7-11-18)12-14-22(15-13-21)16-17-8-4-2-5-9-17/h2,4-5,8-9,18,25H,3,6-7,10-16H2,1H3. The highest BCUT2D eigenvalue weighted by Crippen LogP contribution is 2.47. The molecule has 1 spiro atoms. The molecule has 5 nitrogen and oxygen atoms in total. The molecule has 0 bridgehead atoms. The van der Waals surface area contributed by atoms with Gasteiger partial charge in [0, 0.05) is 38.5 Å². The van der Waals surface area contributed by atoms with Crippen molar-refractivity contribution in [2.45, 2.75) is 75.8 Å². The zero-order valence-electron chi connectivity index (χ0n) is 15.7. The molecule has 4 rings (SSSR count). The highest BCUT2D eigenvalue weighted by molar-refractivity contribution is 5.72. The molecular weight excluding hydrogens is 328 g/mol. The van der Waals surface area contributed by atoms with E-state index in [1.807, 2.05) is 6.07 Å². The Balaban J connectivity index is 1.45. The second-order valence-electron chi connectivity index (χ2n) is 8.31. The van der Waals surface area contributed by atoms with Crippen LogP contribution in [0.15, 0.2) is 30.3 Å². The van der Waals surface area contributed by atoms with Crippen molar-refractivity contribution in [3.05, 3.63) is 35.9 Å². The summed E-state index contributed by atoms with van der Waals surface area (Å²) in [7, 11) is 0. The van der Waals surface area contributed by atoms with Crippen LogP contribution in [0.5, 0.6) is 0 Å². The van der Waals surface area contributed by atoms with Gasteiger partial charge in [-0.1, -0.05) is 49.6 Å². The minimum Gasteiger partial charge on any atom is -0.437 e. The summed E-state index contributed by atoms with van der Waals surface area (Å²) in [5, 5.41) is 11.4. The predicted octanol–water partition coefficient (Wildman–Crippen LogP) is 3.51. The fourth-order valence-corrected chi connectivity index (χ4v) is 5.04. The third-order valence-electron chi connectivity index (χ3n) is 6.66. The number of hydrogen-bond acceptors (Lipinski definition) is 4. The number of rotatable bonds is 3. The van der Waals surface area contributed by atoms with Gasteiger partial charge in [-0.15, -0.1) is 0 Å². The van der Waals surface area contributed by atoms with Crippen LogP contribution in [0.4, 0.5) is 4.79 Å². The Morgan fingerprint density at radius 2 is 1.77 bits per heavy atom. The smallest absolute Gasteiger partial charge is 0.413 e. The number of nitrogens with zero attached hydrogens (tertiary/aromatic N) is 2. The normalized spacial score (nSPS) is 29.9. The lowest BCUT2D eigenvalue weighted by Crippen LogP contribution is -2.62. The number of amides is 1. The highest BCUT2D eigenvalue weighted by atomic mass is 16.6. The van der Waals surface area contributed by atoms with Gasteiger partial charge in [0.25, 0.3) is 0 Å². The summed E-state index contributed by atoms with van der Waals surface area (Å²) >= 11 is 0. The van der Waals surface area contributed by atoms with Gasteiger partial charge in [-0.2, -0.15) is 0 Å². The molecule has 1 saturated carbocycles. The summed E-state index contributed by atoms with van der Waals surface area (Å²) in [5.74, 6) is 0. The Kier molecular flexibility index (Phi) is 4.70. The van der Waals surface area contributed by atoms with E-state index in [2.05, 4.69) is 29.2 Å². The van der Waals surface area contributed by atoms with Crippen molar-refractivity contribution in [3.63, 3.8) is 0 Å². The number of benzene rings is 1. The molecule has 1 aromatic rings. The van der Waals surface area contributed by atoms with Gasteiger partial charge >= 0.3 is 6.09 Å².